The number of hydrogen-bond acceptors (Lipinski definition) is 5. The Bertz CT molecular complexity index is 925. The maximum absolute atomic E-state index is 12.9. The number of likely N-dealkylation sites (tertiary alicyclic amines) is 1. The minimum Gasteiger partial charge on any atom is -0.297 e. The number of halogens is 1. The van der Waals surface area contributed by atoms with Crippen molar-refractivity contribution in [3.8, 4) is 0 Å². The van der Waals surface area contributed by atoms with Crippen molar-refractivity contribution >= 4 is 16.9 Å². The normalized spacial score (nSPS) is 14.5. The Morgan fingerprint density at radius 2 is 1.79 bits per heavy atom. The van der Waals surface area contributed by atoms with Crippen LogP contribution in [0.5, 0.6) is 0 Å². The van der Waals surface area contributed by atoms with Crippen LogP contribution in [0.25, 0.3) is 5.57 Å². The lowest BCUT2D eigenvalue weighted by molar-refractivity contribution is -0.385. The number of para-hydroxylation sites is 1. The summed E-state index contributed by atoms with van der Waals surface area (Å²) in [6, 6.07) is 11.3. The van der Waals surface area contributed by atoms with E-state index in [0.29, 0.717) is 48.3 Å². The molecule has 2 aromatic rings. The van der Waals surface area contributed by atoms with Crippen LogP contribution in [-0.4, -0.2) is 40.6 Å². The van der Waals surface area contributed by atoms with Gasteiger partial charge in [0.15, 0.2) is 0 Å². The van der Waals surface area contributed by atoms with Gasteiger partial charge in [-0.25, -0.2) is 4.39 Å². The molecule has 0 N–H and O–H groups in total. The van der Waals surface area contributed by atoms with E-state index in [0.717, 1.165) is 0 Å². The fourth-order valence-electron chi connectivity index (χ4n) is 3.34. The Morgan fingerprint density at radius 1 is 1.11 bits per heavy atom. The molecule has 0 unspecified atom stereocenters. The van der Waals surface area contributed by atoms with Crippen molar-refractivity contribution < 1.29 is 14.2 Å². The molecular weight excluding hydrogens is 365 g/mol. The summed E-state index contributed by atoms with van der Waals surface area (Å²) in [7, 11) is 0. The predicted molar refractivity (Wildman–Crippen MR) is 104 cm³/mol. The monoisotopic (exact) mass is 385 g/mol. The molecule has 0 aromatic heterocycles. The number of alkyl halides is 1. The molecule has 0 radical (unpaired) electrons. The van der Waals surface area contributed by atoms with Gasteiger partial charge in [-0.1, -0.05) is 30.8 Å². The average Bonchev–Trinajstić information content (AvgIpc) is 2.64. The summed E-state index contributed by atoms with van der Waals surface area (Å²) in [5, 5.41) is 22.7. The van der Waals surface area contributed by atoms with Crippen molar-refractivity contribution in [3.63, 3.8) is 0 Å². The van der Waals surface area contributed by atoms with Gasteiger partial charge in [-0.05, 0) is 30.0 Å². The highest BCUT2D eigenvalue weighted by Crippen LogP contribution is 2.29. The predicted octanol–water partition coefficient (Wildman–Crippen LogP) is 3.96. The van der Waals surface area contributed by atoms with Crippen LogP contribution in [0, 0.1) is 20.2 Å². The third kappa shape index (κ3) is 4.40. The largest absolute Gasteiger partial charge is 0.297 e. The van der Waals surface area contributed by atoms with Gasteiger partial charge < -0.3 is 0 Å². The first-order valence-electron chi connectivity index (χ1n) is 8.89. The molecule has 28 heavy (non-hydrogen) atoms. The van der Waals surface area contributed by atoms with Crippen LogP contribution >= 0.6 is 0 Å². The first kappa shape index (κ1) is 19.6. The van der Waals surface area contributed by atoms with Gasteiger partial charge in [-0.2, -0.15) is 0 Å². The first-order chi connectivity index (χ1) is 13.3. The molecule has 2 aromatic carbocycles. The van der Waals surface area contributed by atoms with E-state index in [-0.39, 0.29) is 17.8 Å². The standard InChI is InChI=1S/C20H20FN3O4/c1-14(18-4-2-3-5-19(18)23(25)26)10-15-6-7-16(20(11-15)24(27)28)8-9-22-12-17(21)13-22/h2-7,11,17H,1,8-10,12-13H2. The van der Waals surface area contributed by atoms with E-state index < -0.39 is 16.0 Å². The quantitative estimate of drug-likeness (QED) is 0.507. The fourth-order valence-corrected chi connectivity index (χ4v) is 3.34. The molecule has 0 bridgehead atoms. The third-order valence-electron chi connectivity index (χ3n) is 4.86. The fraction of sp³-hybridized carbons (Fsp3) is 0.300. The second kappa shape index (κ2) is 8.26. The molecule has 1 aliphatic rings. The number of nitro groups is 2. The first-order valence-corrected chi connectivity index (χ1v) is 8.89. The van der Waals surface area contributed by atoms with E-state index in [1.54, 1.807) is 30.3 Å². The molecule has 1 aliphatic heterocycles. The number of rotatable bonds is 8. The molecule has 7 nitrogen and oxygen atoms in total. The van der Waals surface area contributed by atoms with Gasteiger partial charge in [0.25, 0.3) is 11.4 Å². The summed E-state index contributed by atoms with van der Waals surface area (Å²) < 4.78 is 12.9. The van der Waals surface area contributed by atoms with E-state index in [1.165, 1.54) is 12.1 Å². The summed E-state index contributed by atoms with van der Waals surface area (Å²) >= 11 is 0. The van der Waals surface area contributed by atoms with Gasteiger partial charge in [0.1, 0.15) is 6.17 Å². The minimum atomic E-state index is -0.801. The number of benzene rings is 2. The average molecular weight is 385 g/mol. The lowest BCUT2D eigenvalue weighted by atomic mass is 9.96. The molecule has 146 valence electrons. The second-order valence-corrected chi connectivity index (χ2v) is 6.88. The third-order valence-corrected chi connectivity index (χ3v) is 4.86. The molecule has 0 amide bonds. The van der Waals surface area contributed by atoms with E-state index in [9.17, 15) is 24.6 Å². The van der Waals surface area contributed by atoms with Crippen LogP contribution in [0.15, 0.2) is 49.0 Å². The van der Waals surface area contributed by atoms with Crippen molar-refractivity contribution in [2.24, 2.45) is 0 Å². The van der Waals surface area contributed by atoms with Crippen molar-refractivity contribution in [2.75, 3.05) is 19.6 Å². The Labute approximate surface area is 161 Å². The molecule has 1 heterocycles. The summed E-state index contributed by atoms with van der Waals surface area (Å²) in [5.41, 5.74) is 2.14. The highest BCUT2D eigenvalue weighted by Gasteiger charge is 2.26. The molecule has 0 saturated carbocycles. The van der Waals surface area contributed by atoms with E-state index in [1.807, 2.05) is 4.90 Å². The second-order valence-electron chi connectivity index (χ2n) is 6.88. The molecule has 0 aliphatic carbocycles. The smallest absolute Gasteiger partial charge is 0.276 e. The van der Waals surface area contributed by atoms with Crippen LogP contribution in [0.4, 0.5) is 15.8 Å². The molecular formula is C20H20FN3O4. The van der Waals surface area contributed by atoms with Crippen molar-refractivity contribution in [1.29, 1.82) is 0 Å². The van der Waals surface area contributed by atoms with Crippen LogP contribution in [0.1, 0.15) is 16.7 Å². The molecule has 0 spiro atoms. The highest BCUT2D eigenvalue weighted by molar-refractivity contribution is 5.73. The zero-order valence-corrected chi connectivity index (χ0v) is 15.2. The van der Waals surface area contributed by atoms with E-state index in [4.69, 9.17) is 0 Å². The lowest BCUT2D eigenvalue weighted by Gasteiger charge is -2.34. The maximum atomic E-state index is 12.9. The van der Waals surface area contributed by atoms with Crippen molar-refractivity contribution in [3.05, 3.63) is 86.0 Å². The van der Waals surface area contributed by atoms with Crippen molar-refractivity contribution in [1.82, 2.24) is 4.90 Å². The van der Waals surface area contributed by atoms with Crippen molar-refractivity contribution in [2.45, 2.75) is 19.0 Å². The number of nitro benzene ring substituents is 2. The SMILES string of the molecule is C=C(Cc1ccc(CCN2CC(F)C2)c([N+](=O)[O-])c1)c1ccccc1[N+](=O)[O-]. The van der Waals surface area contributed by atoms with E-state index >= 15 is 0 Å². The number of nitrogens with zero attached hydrogens (tertiary/aromatic N) is 3. The summed E-state index contributed by atoms with van der Waals surface area (Å²) in [5.74, 6) is 0. The molecule has 1 fully saturated rings. The van der Waals surface area contributed by atoms with Gasteiger partial charge in [0.2, 0.25) is 0 Å². The Kier molecular flexibility index (Phi) is 5.79. The Morgan fingerprint density at radius 3 is 2.43 bits per heavy atom. The zero-order valence-electron chi connectivity index (χ0n) is 15.2. The van der Waals surface area contributed by atoms with Gasteiger partial charge in [-0.15, -0.1) is 0 Å². The molecule has 0 atom stereocenters. The van der Waals surface area contributed by atoms with Gasteiger partial charge >= 0.3 is 0 Å². The van der Waals surface area contributed by atoms with Crippen LogP contribution in [-0.2, 0) is 12.8 Å². The number of hydrogen-bond donors (Lipinski definition) is 0. The topological polar surface area (TPSA) is 89.5 Å². The van der Waals surface area contributed by atoms with Gasteiger partial charge in [-0.3, -0.25) is 25.1 Å². The number of allylic oxidation sites excluding steroid dienone is 1. The molecule has 8 heteroatoms. The van der Waals surface area contributed by atoms with Crippen LogP contribution < -0.4 is 0 Å². The highest BCUT2D eigenvalue weighted by atomic mass is 19.1. The van der Waals surface area contributed by atoms with Gasteiger partial charge in [0, 0.05) is 37.3 Å². The minimum absolute atomic E-state index is 0.00480. The summed E-state index contributed by atoms with van der Waals surface area (Å²) in [6.45, 7) is 5.26. The Balaban J connectivity index is 1.75. The summed E-state index contributed by atoms with van der Waals surface area (Å²) in [4.78, 5) is 23.7. The van der Waals surface area contributed by atoms with Crippen LogP contribution in [0.3, 0.4) is 0 Å². The maximum Gasteiger partial charge on any atom is 0.276 e. The van der Waals surface area contributed by atoms with Gasteiger partial charge in [0.05, 0.1) is 15.4 Å². The van der Waals surface area contributed by atoms with E-state index in [2.05, 4.69) is 6.58 Å². The molecule has 1 saturated heterocycles. The van der Waals surface area contributed by atoms with Crippen LogP contribution in [0.2, 0.25) is 0 Å². The zero-order chi connectivity index (χ0) is 20.3. The lowest BCUT2D eigenvalue weighted by Crippen LogP contribution is -2.48. The Hall–Kier alpha value is -3.13. The summed E-state index contributed by atoms with van der Waals surface area (Å²) in [6.07, 6.45) is -0.0684. The molecule has 3 rings (SSSR count).